The molecule has 0 fully saturated rings. The van der Waals surface area contributed by atoms with Crippen LogP contribution < -0.4 is 14.8 Å². The van der Waals surface area contributed by atoms with Crippen LogP contribution in [0.25, 0.3) is 10.8 Å². The Balaban J connectivity index is 1.28. The maximum Gasteiger partial charge on any atom is 0.305 e. The number of pyridine rings is 1. The van der Waals surface area contributed by atoms with Gasteiger partial charge in [0, 0.05) is 11.6 Å². The molecule has 0 saturated carbocycles. The highest BCUT2D eigenvalue weighted by atomic mass is 16.5. The number of carboxylic acid groups (broad SMARTS) is 1. The second-order valence-corrected chi connectivity index (χ2v) is 11.1. The zero-order valence-electron chi connectivity index (χ0n) is 23.7. The standard InChI is InChI=1S/C35H32N2O5/c1-35(2,3)26-12-17-29(18-13-26)42-30-16-11-24-20-32(36-22-25(24)19-30)34(40)37-31(21-33(38)39)23-9-14-28(15-10-23)41-27-7-5-4-6-8-27/h4-20,22,31H,21H2,1-3H3,(H,37,40)(H,38,39). The van der Waals surface area contributed by atoms with Crippen LogP contribution in [0.4, 0.5) is 0 Å². The van der Waals surface area contributed by atoms with E-state index in [4.69, 9.17) is 9.47 Å². The lowest BCUT2D eigenvalue weighted by atomic mass is 9.87. The zero-order chi connectivity index (χ0) is 29.7. The van der Waals surface area contributed by atoms with Gasteiger partial charge in [0.25, 0.3) is 5.91 Å². The van der Waals surface area contributed by atoms with Crippen LogP contribution in [-0.4, -0.2) is 22.0 Å². The summed E-state index contributed by atoms with van der Waals surface area (Å²) in [7, 11) is 0. The van der Waals surface area contributed by atoms with Gasteiger partial charge in [-0.25, -0.2) is 0 Å². The summed E-state index contributed by atoms with van der Waals surface area (Å²) in [5.74, 6) is 1.19. The Bertz CT molecular complexity index is 1690. The Morgan fingerprint density at radius 3 is 2.00 bits per heavy atom. The molecular weight excluding hydrogens is 528 g/mol. The van der Waals surface area contributed by atoms with Crippen LogP contribution in [0.2, 0.25) is 0 Å². The fourth-order valence-corrected chi connectivity index (χ4v) is 4.52. The van der Waals surface area contributed by atoms with E-state index >= 15 is 0 Å². The molecule has 1 atom stereocenters. The molecule has 0 aliphatic carbocycles. The number of fused-ring (bicyclic) bond motifs is 1. The van der Waals surface area contributed by atoms with Crippen molar-refractivity contribution in [2.45, 2.75) is 38.6 Å². The van der Waals surface area contributed by atoms with E-state index in [2.05, 4.69) is 43.2 Å². The minimum Gasteiger partial charge on any atom is -0.481 e. The van der Waals surface area contributed by atoms with Gasteiger partial charge in [-0.05, 0) is 76.5 Å². The highest BCUT2D eigenvalue weighted by Gasteiger charge is 2.20. The predicted octanol–water partition coefficient (Wildman–Crippen LogP) is 8.06. The van der Waals surface area contributed by atoms with E-state index in [9.17, 15) is 14.7 Å². The number of ether oxygens (including phenoxy) is 2. The largest absolute Gasteiger partial charge is 0.481 e. The van der Waals surface area contributed by atoms with Crippen LogP contribution in [0.3, 0.4) is 0 Å². The molecule has 5 aromatic rings. The van der Waals surface area contributed by atoms with Gasteiger partial charge in [-0.2, -0.15) is 0 Å². The van der Waals surface area contributed by atoms with Crippen molar-refractivity contribution in [1.82, 2.24) is 10.3 Å². The average Bonchev–Trinajstić information content (AvgIpc) is 2.97. The fourth-order valence-electron chi connectivity index (χ4n) is 4.52. The summed E-state index contributed by atoms with van der Waals surface area (Å²) in [6, 6.07) is 30.9. The van der Waals surface area contributed by atoms with Gasteiger partial charge in [0.15, 0.2) is 0 Å². The lowest BCUT2D eigenvalue weighted by molar-refractivity contribution is -0.137. The number of hydrogen-bond acceptors (Lipinski definition) is 5. The van der Waals surface area contributed by atoms with Crippen molar-refractivity contribution in [2.75, 3.05) is 0 Å². The van der Waals surface area contributed by atoms with E-state index in [0.717, 1.165) is 16.5 Å². The van der Waals surface area contributed by atoms with Crippen molar-refractivity contribution in [2.24, 2.45) is 0 Å². The lowest BCUT2D eigenvalue weighted by Crippen LogP contribution is -2.30. The van der Waals surface area contributed by atoms with Crippen molar-refractivity contribution >= 4 is 22.6 Å². The van der Waals surface area contributed by atoms with E-state index < -0.39 is 17.9 Å². The molecule has 42 heavy (non-hydrogen) atoms. The summed E-state index contributed by atoms with van der Waals surface area (Å²) in [6.07, 6.45) is 1.33. The summed E-state index contributed by atoms with van der Waals surface area (Å²) < 4.78 is 11.9. The minimum atomic E-state index is -1.03. The van der Waals surface area contributed by atoms with Gasteiger partial charge in [0.05, 0.1) is 12.5 Å². The van der Waals surface area contributed by atoms with Crippen molar-refractivity contribution in [3.63, 3.8) is 0 Å². The molecule has 7 heteroatoms. The van der Waals surface area contributed by atoms with Crippen LogP contribution in [0, 0.1) is 0 Å². The SMILES string of the molecule is CC(C)(C)c1ccc(Oc2ccc3cc(C(=O)NC(CC(=O)O)c4ccc(Oc5ccccc5)cc4)ncc3c2)cc1. The van der Waals surface area contributed by atoms with E-state index in [1.165, 1.54) is 5.56 Å². The first-order chi connectivity index (χ1) is 20.1. The van der Waals surface area contributed by atoms with Crippen molar-refractivity contribution in [1.29, 1.82) is 0 Å². The van der Waals surface area contributed by atoms with Crippen molar-refractivity contribution in [3.8, 4) is 23.0 Å². The highest BCUT2D eigenvalue weighted by molar-refractivity contribution is 5.97. The number of nitrogens with one attached hydrogen (secondary N) is 1. The van der Waals surface area contributed by atoms with Gasteiger partial charge in [0.2, 0.25) is 0 Å². The zero-order valence-corrected chi connectivity index (χ0v) is 23.7. The molecule has 1 unspecified atom stereocenters. The Morgan fingerprint density at radius 2 is 1.36 bits per heavy atom. The highest BCUT2D eigenvalue weighted by Crippen LogP contribution is 2.29. The predicted molar refractivity (Wildman–Crippen MR) is 162 cm³/mol. The molecule has 1 heterocycles. The third-order valence-electron chi connectivity index (χ3n) is 6.83. The summed E-state index contributed by atoms with van der Waals surface area (Å²) in [5.41, 5.74) is 2.12. The smallest absolute Gasteiger partial charge is 0.305 e. The number of para-hydroxylation sites is 1. The van der Waals surface area contributed by atoms with Gasteiger partial charge >= 0.3 is 5.97 Å². The quantitative estimate of drug-likeness (QED) is 0.189. The number of amides is 1. The van der Waals surface area contributed by atoms with Gasteiger partial charge in [0.1, 0.15) is 28.7 Å². The van der Waals surface area contributed by atoms with E-state index in [0.29, 0.717) is 22.8 Å². The molecule has 1 aromatic heterocycles. The topological polar surface area (TPSA) is 97.8 Å². The normalized spacial score (nSPS) is 12.0. The molecular formula is C35H32N2O5. The van der Waals surface area contributed by atoms with E-state index in [1.807, 2.05) is 60.7 Å². The molecule has 2 N–H and O–H groups in total. The van der Waals surface area contributed by atoms with Crippen LogP contribution in [0.15, 0.2) is 109 Å². The molecule has 0 radical (unpaired) electrons. The second kappa shape index (κ2) is 12.1. The van der Waals surface area contributed by atoms with Gasteiger partial charge in [-0.15, -0.1) is 0 Å². The molecule has 7 nitrogen and oxygen atoms in total. The number of hydrogen-bond donors (Lipinski definition) is 2. The van der Waals surface area contributed by atoms with Gasteiger partial charge in [-0.3, -0.25) is 14.6 Å². The summed E-state index contributed by atoms with van der Waals surface area (Å²) in [5, 5.41) is 13.9. The first-order valence-corrected chi connectivity index (χ1v) is 13.7. The average molecular weight is 561 g/mol. The van der Waals surface area contributed by atoms with Gasteiger partial charge < -0.3 is 19.9 Å². The number of aromatic nitrogens is 1. The van der Waals surface area contributed by atoms with Crippen LogP contribution in [0.1, 0.15) is 54.8 Å². The summed E-state index contributed by atoms with van der Waals surface area (Å²) >= 11 is 0. The van der Waals surface area contributed by atoms with Gasteiger partial charge in [-0.1, -0.05) is 69.3 Å². The Labute approximate surface area is 244 Å². The molecule has 5 rings (SSSR count). The molecule has 1 amide bonds. The first kappa shape index (κ1) is 28.4. The van der Waals surface area contributed by atoms with Crippen LogP contribution >= 0.6 is 0 Å². The fraction of sp³-hybridized carbons (Fsp3) is 0.171. The summed E-state index contributed by atoms with van der Waals surface area (Å²) in [4.78, 5) is 29.1. The minimum absolute atomic E-state index is 0.0624. The number of carbonyl (C=O) groups is 2. The monoisotopic (exact) mass is 560 g/mol. The number of carbonyl (C=O) groups excluding carboxylic acids is 1. The summed E-state index contributed by atoms with van der Waals surface area (Å²) in [6.45, 7) is 6.50. The molecule has 4 aromatic carbocycles. The van der Waals surface area contributed by atoms with Crippen LogP contribution in [0.5, 0.6) is 23.0 Å². The number of carboxylic acids is 1. The van der Waals surface area contributed by atoms with E-state index in [1.54, 1.807) is 36.5 Å². The van der Waals surface area contributed by atoms with Crippen molar-refractivity contribution in [3.05, 3.63) is 126 Å². The number of rotatable bonds is 9. The number of aliphatic carboxylic acids is 1. The molecule has 0 saturated heterocycles. The Kier molecular flexibility index (Phi) is 8.20. The van der Waals surface area contributed by atoms with E-state index in [-0.39, 0.29) is 17.5 Å². The van der Waals surface area contributed by atoms with Crippen LogP contribution in [-0.2, 0) is 10.2 Å². The molecule has 0 spiro atoms. The maximum atomic E-state index is 13.2. The Morgan fingerprint density at radius 1 is 0.762 bits per heavy atom. The molecule has 0 bridgehead atoms. The second-order valence-electron chi connectivity index (χ2n) is 11.1. The lowest BCUT2D eigenvalue weighted by Gasteiger charge is -2.19. The number of benzene rings is 4. The number of nitrogens with zero attached hydrogens (tertiary/aromatic N) is 1. The molecule has 0 aliphatic heterocycles. The Hall–Kier alpha value is -5.17. The molecule has 212 valence electrons. The first-order valence-electron chi connectivity index (χ1n) is 13.7. The molecule has 0 aliphatic rings. The maximum absolute atomic E-state index is 13.2. The van der Waals surface area contributed by atoms with Crippen molar-refractivity contribution < 1.29 is 24.2 Å². The third-order valence-corrected chi connectivity index (χ3v) is 6.83. The third kappa shape index (κ3) is 7.12.